The minimum atomic E-state index is -0.777. The molecule has 0 aliphatic carbocycles. The Balaban J connectivity index is 2.55. The molecule has 0 bridgehead atoms. The van der Waals surface area contributed by atoms with Crippen LogP contribution in [0.3, 0.4) is 0 Å². The third-order valence-electron chi connectivity index (χ3n) is 2.05. The highest BCUT2D eigenvalue weighted by Crippen LogP contribution is 2.18. The fraction of sp³-hybridized carbons (Fsp3) is 0.500. The van der Waals surface area contributed by atoms with E-state index in [2.05, 4.69) is 10.3 Å². The Labute approximate surface area is 97.9 Å². The SMILES string of the molecule is CCS(=O)CCNc1nc(OC)ccc1N. The lowest BCUT2D eigenvalue weighted by Gasteiger charge is -2.09. The van der Waals surface area contributed by atoms with Crippen LogP contribution in [0.1, 0.15) is 6.92 Å². The number of ether oxygens (including phenoxy) is 1. The second kappa shape index (κ2) is 6.32. The monoisotopic (exact) mass is 243 g/mol. The lowest BCUT2D eigenvalue weighted by molar-refractivity contribution is 0.398. The predicted octanol–water partition coefficient (Wildman–Crippen LogP) is 0.853. The summed E-state index contributed by atoms with van der Waals surface area (Å²) in [5.41, 5.74) is 6.30. The lowest BCUT2D eigenvalue weighted by atomic mass is 10.4. The lowest BCUT2D eigenvalue weighted by Crippen LogP contribution is -2.14. The van der Waals surface area contributed by atoms with E-state index in [1.54, 1.807) is 19.2 Å². The zero-order valence-corrected chi connectivity index (χ0v) is 10.3. The van der Waals surface area contributed by atoms with Crippen molar-refractivity contribution in [2.75, 3.05) is 36.2 Å². The van der Waals surface area contributed by atoms with Crippen molar-refractivity contribution in [1.29, 1.82) is 0 Å². The first-order chi connectivity index (χ1) is 7.67. The fourth-order valence-electron chi connectivity index (χ4n) is 1.13. The number of aromatic nitrogens is 1. The number of hydrogen-bond donors (Lipinski definition) is 2. The Hall–Kier alpha value is -1.30. The molecule has 1 aromatic rings. The first-order valence-corrected chi connectivity index (χ1v) is 6.55. The van der Waals surface area contributed by atoms with Crippen LogP contribution in [0, 0.1) is 0 Å². The molecule has 0 fully saturated rings. The molecule has 1 unspecified atom stereocenters. The van der Waals surface area contributed by atoms with Gasteiger partial charge in [0.05, 0.1) is 12.8 Å². The third-order valence-corrected chi connectivity index (χ3v) is 3.36. The second-order valence-corrected chi connectivity index (χ2v) is 5.02. The molecule has 1 atom stereocenters. The Morgan fingerprint density at radius 2 is 2.31 bits per heavy atom. The van der Waals surface area contributed by atoms with Gasteiger partial charge in [0, 0.05) is 34.9 Å². The van der Waals surface area contributed by atoms with Crippen molar-refractivity contribution >= 4 is 22.3 Å². The van der Waals surface area contributed by atoms with Crippen molar-refractivity contribution in [3.05, 3.63) is 12.1 Å². The van der Waals surface area contributed by atoms with Gasteiger partial charge in [0.25, 0.3) is 0 Å². The van der Waals surface area contributed by atoms with Crippen LogP contribution in [-0.4, -0.2) is 34.4 Å². The molecule has 90 valence electrons. The highest BCUT2D eigenvalue weighted by molar-refractivity contribution is 7.84. The maximum atomic E-state index is 11.2. The first kappa shape index (κ1) is 12.8. The van der Waals surface area contributed by atoms with Crippen LogP contribution in [0.15, 0.2) is 12.1 Å². The molecule has 0 spiro atoms. The number of methoxy groups -OCH3 is 1. The van der Waals surface area contributed by atoms with Gasteiger partial charge in [-0.1, -0.05) is 6.92 Å². The summed E-state index contributed by atoms with van der Waals surface area (Å²) in [4.78, 5) is 4.16. The summed E-state index contributed by atoms with van der Waals surface area (Å²) < 4.78 is 16.2. The van der Waals surface area contributed by atoms with Crippen molar-refractivity contribution in [2.45, 2.75) is 6.92 Å². The normalized spacial score (nSPS) is 12.1. The quantitative estimate of drug-likeness (QED) is 0.774. The summed E-state index contributed by atoms with van der Waals surface area (Å²) in [6.07, 6.45) is 0. The van der Waals surface area contributed by atoms with Gasteiger partial charge in [-0.15, -0.1) is 0 Å². The number of anilines is 2. The van der Waals surface area contributed by atoms with Crippen LogP contribution in [-0.2, 0) is 10.8 Å². The van der Waals surface area contributed by atoms with Gasteiger partial charge in [-0.3, -0.25) is 4.21 Å². The maximum absolute atomic E-state index is 11.2. The molecule has 0 aromatic carbocycles. The van der Waals surface area contributed by atoms with Gasteiger partial charge in [0.15, 0.2) is 5.82 Å². The molecule has 0 radical (unpaired) electrons. The van der Waals surface area contributed by atoms with Crippen molar-refractivity contribution in [3.63, 3.8) is 0 Å². The average Bonchev–Trinajstić information content (AvgIpc) is 2.31. The summed E-state index contributed by atoms with van der Waals surface area (Å²) in [7, 11) is 0.773. The largest absolute Gasteiger partial charge is 0.481 e. The van der Waals surface area contributed by atoms with Crippen LogP contribution in [0.5, 0.6) is 5.88 Å². The zero-order chi connectivity index (χ0) is 12.0. The zero-order valence-electron chi connectivity index (χ0n) is 9.53. The standard InChI is InChI=1S/C10H17N3O2S/c1-3-16(14)7-6-12-10-8(11)4-5-9(13-10)15-2/h4-5H,3,6-7,11H2,1-2H3,(H,12,13). The summed E-state index contributed by atoms with van der Waals surface area (Å²) >= 11 is 0. The minimum Gasteiger partial charge on any atom is -0.481 e. The van der Waals surface area contributed by atoms with E-state index in [0.29, 0.717) is 35.4 Å². The molecule has 0 amide bonds. The van der Waals surface area contributed by atoms with Gasteiger partial charge in [0.2, 0.25) is 5.88 Å². The number of rotatable bonds is 6. The molecular formula is C10H17N3O2S. The first-order valence-electron chi connectivity index (χ1n) is 5.06. The average molecular weight is 243 g/mol. The molecule has 0 aliphatic rings. The summed E-state index contributed by atoms with van der Waals surface area (Å²) in [5.74, 6) is 2.35. The summed E-state index contributed by atoms with van der Waals surface area (Å²) in [6, 6.07) is 3.43. The Kier molecular flexibility index (Phi) is 5.04. The molecular weight excluding hydrogens is 226 g/mol. The van der Waals surface area contributed by atoms with E-state index in [0.717, 1.165) is 0 Å². The van der Waals surface area contributed by atoms with Crippen molar-refractivity contribution in [1.82, 2.24) is 4.98 Å². The molecule has 0 saturated heterocycles. The van der Waals surface area contributed by atoms with Gasteiger partial charge in [-0.05, 0) is 6.07 Å². The van der Waals surface area contributed by atoms with E-state index in [9.17, 15) is 4.21 Å². The van der Waals surface area contributed by atoms with Crippen LogP contribution >= 0.6 is 0 Å². The highest BCUT2D eigenvalue weighted by atomic mass is 32.2. The van der Waals surface area contributed by atoms with Gasteiger partial charge in [-0.2, -0.15) is 4.98 Å². The molecule has 6 heteroatoms. The number of nitrogens with two attached hydrogens (primary N) is 1. The van der Waals surface area contributed by atoms with Crippen molar-refractivity contribution < 1.29 is 8.95 Å². The van der Waals surface area contributed by atoms with Gasteiger partial charge in [0.1, 0.15) is 0 Å². The van der Waals surface area contributed by atoms with E-state index in [4.69, 9.17) is 10.5 Å². The number of pyridine rings is 1. The third kappa shape index (κ3) is 3.69. The van der Waals surface area contributed by atoms with Crippen molar-refractivity contribution in [2.24, 2.45) is 0 Å². The number of nitrogens with one attached hydrogen (secondary N) is 1. The predicted molar refractivity (Wildman–Crippen MR) is 67.2 cm³/mol. The summed E-state index contributed by atoms with van der Waals surface area (Å²) in [6.45, 7) is 2.49. The topological polar surface area (TPSA) is 77.2 Å². The molecule has 16 heavy (non-hydrogen) atoms. The van der Waals surface area contributed by atoms with E-state index < -0.39 is 10.8 Å². The van der Waals surface area contributed by atoms with Crippen LogP contribution in [0.4, 0.5) is 11.5 Å². The van der Waals surface area contributed by atoms with Gasteiger partial charge >= 0.3 is 0 Å². The van der Waals surface area contributed by atoms with E-state index >= 15 is 0 Å². The molecule has 0 aliphatic heterocycles. The van der Waals surface area contributed by atoms with Crippen molar-refractivity contribution in [3.8, 4) is 5.88 Å². The molecule has 3 N–H and O–H groups in total. The molecule has 1 rings (SSSR count). The fourth-order valence-corrected chi connectivity index (χ4v) is 1.75. The minimum absolute atomic E-state index is 0.508. The second-order valence-electron chi connectivity index (χ2n) is 3.15. The number of nitrogens with zero attached hydrogens (tertiary/aromatic N) is 1. The summed E-state index contributed by atoms with van der Waals surface area (Å²) in [5, 5.41) is 3.04. The van der Waals surface area contributed by atoms with Crippen LogP contribution in [0.2, 0.25) is 0 Å². The van der Waals surface area contributed by atoms with E-state index in [-0.39, 0.29) is 0 Å². The Morgan fingerprint density at radius 3 is 2.94 bits per heavy atom. The smallest absolute Gasteiger partial charge is 0.215 e. The van der Waals surface area contributed by atoms with Crippen LogP contribution in [0.25, 0.3) is 0 Å². The Bertz CT molecular complexity index is 371. The van der Waals surface area contributed by atoms with Gasteiger partial charge < -0.3 is 15.8 Å². The number of nitrogen functional groups attached to an aromatic ring is 1. The van der Waals surface area contributed by atoms with Gasteiger partial charge in [-0.25, -0.2) is 0 Å². The number of hydrogen-bond acceptors (Lipinski definition) is 5. The molecule has 1 aromatic heterocycles. The molecule has 1 heterocycles. The van der Waals surface area contributed by atoms with E-state index in [1.807, 2.05) is 6.92 Å². The molecule has 0 saturated carbocycles. The molecule has 5 nitrogen and oxygen atoms in total. The van der Waals surface area contributed by atoms with E-state index in [1.165, 1.54) is 0 Å². The highest BCUT2D eigenvalue weighted by Gasteiger charge is 2.03. The van der Waals surface area contributed by atoms with Crippen LogP contribution < -0.4 is 15.8 Å². The maximum Gasteiger partial charge on any atom is 0.215 e. The Morgan fingerprint density at radius 1 is 1.56 bits per heavy atom.